The lowest BCUT2D eigenvalue weighted by molar-refractivity contribution is -0.122. The first-order chi connectivity index (χ1) is 12.6. The van der Waals surface area contributed by atoms with Crippen LogP contribution in [0.3, 0.4) is 0 Å². The van der Waals surface area contributed by atoms with Crippen molar-refractivity contribution in [3.05, 3.63) is 59.9 Å². The highest BCUT2D eigenvalue weighted by Gasteiger charge is 2.17. The number of nitrogens with one attached hydrogen (secondary N) is 1. The smallest absolute Gasteiger partial charge is 0.227 e. The highest BCUT2D eigenvalue weighted by molar-refractivity contribution is 5.83. The van der Waals surface area contributed by atoms with Gasteiger partial charge in [-0.1, -0.05) is 42.5 Å². The molecule has 26 heavy (non-hydrogen) atoms. The predicted octanol–water partition coefficient (Wildman–Crippen LogP) is 3.04. The molecule has 0 spiro atoms. The Morgan fingerprint density at radius 2 is 1.92 bits per heavy atom. The maximum Gasteiger partial charge on any atom is 0.227 e. The second-order valence-corrected chi connectivity index (χ2v) is 6.57. The van der Waals surface area contributed by atoms with Gasteiger partial charge in [-0.3, -0.25) is 9.69 Å². The number of halogens is 1. The van der Waals surface area contributed by atoms with Gasteiger partial charge in [-0.2, -0.15) is 0 Å². The first-order valence-electron chi connectivity index (χ1n) is 9.08. The topological polar surface area (TPSA) is 41.6 Å². The van der Waals surface area contributed by atoms with Gasteiger partial charge < -0.3 is 10.1 Å². The number of amides is 1. The number of ether oxygens (including phenoxy) is 1. The zero-order valence-corrected chi connectivity index (χ0v) is 15.1. The van der Waals surface area contributed by atoms with Crippen molar-refractivity contribution in [3.63, 3.8) is 0 Å². The molecule has 1 aliphatic rings. The molecule has 1 amide bonds. The number of hydrogen-bond donors (Lipinski definition) is 1. The fourth-order valence-corrected chi connectivity index (χ4v) is 3.12. The number of morpholine rings is 1. The maximum atomic E-state index is 14.5. The lowest BCUT2D eigenvalue weighted by Crippen LogP contribution is -2.42. The van der Waals surface area contributed by atoms with Crippen LogP contribution in [0.2, 0.25) is 0 Å². The number of hydrogen-bond acceptors (Lipinski definition) is 3. The highest BCUT2D eigenvalue weighted by atomic mass is 19.1. The summed E-state index contributed by atoms with van der Waals surface area (Å²) in [6, 6.07) is 14.5. The van der Waals surface area contributed by atoms with Crippen LogP contribution in [-0.4, -0.2) is 50.2 Å². The Morgan fingerprint density at radius 3 is 2.62 bits per heavy atom. The number of carbonyl (C=O) groups excluding carboxylic acids is 1. The van der Waals surface area contributed by atoms with Crippen LogP contribution < -0.4 is 5.32 Å². The third-order valence-electron chi connectivity index (χ3n) is 4.80. The molecule has 0 aliphatic carbocycles. The van der Waals surface area contributed by atoms with Crippen molar-refractivity contribution in [2.45, 2.75) is 12.8 Å². The highest BCUT2D eigenvalue weighted by Crippen LogP contribution is 2.26. The van der Waals surface area contributed by atoms with Gasteiger partial charge in [0, 0.05) is 31.7 Å². The molecular formula is C21H25FN2O2. The standard InChI is InChI=1S/C21H25FN2O2/c1-16(21(25)23-9-10-24-11-13-26-14-12-24)18-7-8-19(20(22)15-18)17-5-3-2-4-6-17/h2-8,15-16H,9-14H2,1H3,(H,23,25). The number of nitrogens with zero attached hydrogens (tertiary/aromatic N) is 1. The van der Waals surface area contributed by atoms with E-state index in [4.69, 9.17) is 4.74 Å². The Kier molecular flexibility index (Phi) is 6.36. The second-order valence-electron chi connectivity index (χ2n) is 6.57. The van der Waals surface area contributed by atoms with E-state index in [0.717, 1.165) is 38.4 Å². The fraction of sp³-hybridized carbons (Fsp3) is 0.381. The Morgan fingerprint density at radius 1 is 1.19 bits per heavy atom. The molecule has 1 fully saturated rings. The Hall–Kier alpha value is -2.24. The molecule has 1 atom stereocenters. The van der Waals surface area contributed by atoms with Crippen molar-refractivity contribution in [1.29, 1.82) is 0 Å². The average Bonchev–Trinajstić information content (AvgIpc) is 2.68. The molecule has 1 N–H and O–H groups in total. The summed E-state index contributed by atoms with van der Waals surface area (Å²) in [4.78, 5) is 14.6. The minimum atomic E-state index is -0.390. The molecule has 0 aromatic heterocycles. The van der Waals surface area contributed by atoms with Gasteiger partial charge in [-0.15, -0.1) is 0 Å². The van der Waals surface area contributed by atoms with Crippen LogP contribution in [0, 0.1) is 5.82 Å². The van der Waals surface area contributed by atoms with Crippen LogP contribution in [0.1, 0.15) is 18.4 Å². The lowest BCUT2D eigenvalue weighted by atomic mass is 9.96. The van der Waals surface area contributed by atoms with Crippen LogP contribution in [0.25, 0.3) is 11.1 Å². The van der Waals surface area contributed by atoms with E-state index in [-0.39, 0.29) is 17.6 Å². The summed E-state index contributed by atoms with van der Waals surface area (Å²) < 4.78 is 19.8. The summed E-state index contributed by atoms with van der Waals surface area (Å²) in [5, 5.41) is 2.95. The summed E-state index contributed by atoms with van der Waals surface area (Å²) in [6.07, 6.45) is 0. The van der Waals surface area contributed by atoms with E-state index in [0.29, 0.717) is 17.7 Å². The average molecular weight is 356 g/mol. The van der Waals surface area contributed by atoms with Gasteiger partial charge in [0.1, 0.15) is 5.82 Å². The first kappa shape index (κ1) is 18.5. The molecule has 0 bridgehead atoms. The van der Waals surface area contributed by atoms with Gasteiger partial charge >= 0.3 is 0 Å². The second kappa shape index (κ2) is 8.92. The van der Waals surface area contributed by atoms with Crippen LogP contribution in [0.15, 0.2) is 48.5 Å². The minimum Gasteiger partial charge on any atom is -0.379 e. The molecule has 0 saturated carbocycles. The van der Waals surface area contributed by atoms with E-state index in [1.807, 2.05) is 36.4 Å². The summed E-state index contributed by atoms with van der Waals surface area (Å²) in [5.74, 6) is -0.772. The van der Waals surface area contributed by atoms with E-state index in [1.54, 1.807) is 13.0 Å². The molecule has 0 radical (unpaired) electrons. The minimum absolute atomic E-state index is 0.0786. The number of carbonyl (C=O) groups is 1. The molecule has 3 rings (SSSR count). The van der Waals surface area contributed by atoms with Gasteiger partial charge in [0.2, 0.25) is 5.91 Å². The van der Waals surface area contributed by atoms with Crippen LogP contribution in [-0.2, 0) is 9.53 Å². The van der Waals surface area contributed by atoms with Gasteiger partial charge in [0.25, 0.3) is 0 Å². The third-order valence-corrected chi connectivity index (χ3v) is 4.80. The van der Waals surface area contributed by atoms with E-state index in [1.165, 1.54) is 6.07 Å². The predicted molar refractivity (Wildman–Crippen MR) is 101 cm³/mol. The molecule has 2 aromatic rings. The zero-order chi connectivity index (χ0) is 18.4. The normalized spacial score (nSPS) is 16.2. The van der Waals surface area contributed by atoms with Gasteiger partial charge in [0.15, 0.2) is 0 Å². The molecule has 1 unspecified atom stereocenters. The first-order valence-corrected chi connectivity index (χ1v) is 9.08. The third kappa shape index (κ3) is 4.68. The SMILES string of the molecule is CC(C(=O)NCCN1CCOCC1)c1ccc(-c2ccccc2)c(F)c1. The van der Waals surface area contributed by atoms with E-state index >= 15 is 0 Å². The Labute approximate surface area is 154 Å². The van der Waals surface area contributed by atoms with Crippen molar-refractivity contribution in [3.8, 4) is 11.1 Å². The van der Waals surface area contributed by atoms with E-state index in [9.17, 15) is 9.18 Å². The monoisotopic (exact) mass is 356 g/mol. The molecule has 1 saturated heterocycles. The largest absolute Gasteiger partial charge is 0.379 e. The number of rotatable bonds is 6. The van der Waals surface area contributed by atoms with Crippen molar-refractivity contribution < 1.29 is 13.9 Å². The summed E-state index contributed by atoms with van der Waals surface area (Å²) in [6.45, 7) is 6.50. The van der Waals surface area contributed by atoms with E-state index < -0.39 is 0 Å². The molecule has 2 aromatic carbocycles. The molecule has 1 heterocycles. The molecular weight excluding hydrogens is 331 g/mol. The van der Waals surface area contributed by atoms with Crippen molar-refractivity contribution in [1.82, 2.24) is 10.2 Å². The van der Waals surface area contributed by atoms with E-state index in [2.05, 4.69) is 10.2 Å². The van der Waals surface area contributed by atoms with Gasteiger partial charge in [0.05, 0.1) is 19.1 Å². The fourth-order valence-electron chi connectivity index (χ4n) is 3.12. The van der Waals surface area contributed by atoms with Crippen molar-refractivity contribution in [2.24, 2.45) is 0 Å². The van der Waals surface area contributed by atoms with Gasteiger partial charge in [-0.25, -0.2) is 4.39 Å². The van der Waals surface area contributed by atoms with Crippen molar-refractivity contribution >= 4 is 5.91 Å². The van der Waals surface area contributed by atoms with Gasteiger partial charge in [-0.05, 0) is 24.1 Å². The quantitative estimate of drug-likeness (QED) is 0.865. The Bertz CT molecular complexity index is 730. The summed E-state index contributed by atoms with van der Waals surface area (Å²) >= 11 is 0. The lowest BCUT2D eigenvalue weighted by Gasteiger charge is -2.26. The molecule has 5 heteroatoms. The maximum absolute atomic E-state index is 14.5. The molecule has 1 aliphatic heterocycles. The molecule has 4 nitrogen and oxygen atoms in total. The zero-order valence-electron chi connectivity index (χ0n) is 15.1. The van der Waals surface area contributed by atoms with Crippen molar-refractivity contribution in [2.75, 3.05) is 39.4 Å². The summed E-state index contributed by atoms with van der Waals surface area (Å²) in [7, 11) is 0. The number of benzene rings is 2. The summed E-state index contributed by atoms with van der Waals surface area (Å²) in [5.41, 5.74) is 2.07. The van der Waals surface area contributed by atoms with Crippen LogP contribution in [0.5, 0.6) is 0 Å². The van der Waals surface area contributed by atoms with Crippen LogP contribution >= 0.6 is 0 Å². The molecule has 138 valence electrons. The Balaban J connectivity index is 1.57. The van der Waals surface area contributed by atoms with Crippen LogP contribution in [0.4, 0.5) is 4.39 Å².